The molecule has 6 heteroatoms. The Hall–Kier alpha value is -0.980. The minimum Gasteiger partial charge on any atom is -0.381 e. The van der Waals surface area contributed by atoms with Crippen molar-refractivity contribution in [2.45, 2.75) is 57.4 Å². The Labute approximate surface area is 144 Å². The summed E-state index contributed by atoms with van der Waals surface area (Å²) >= 11 is 0. The van der Waals surface area contributed by atoms with Crippen LogP contribution in [0.25, 0.3) is 0 Å². The van der Waals surface area contributed by atoms with E-state index in [0.717, 1.165) is 38.0 Å². The van der Waals surface area contributed by atoms with Gasteiger partial charge in [-0.2, -0.15) is 0 Å². The zero-order valence-electron chi connectivity index (χ0n) is 15.0. The van der Waals surface area contributed by atoms with Crippen LogP contribution in [0.1, 0.15) is 38.4 Å². The van der Waals surface area contributed by atoms with Crippen molar-refractivity contribution in [3.05, 3.63) is 18.2 Å². The zero-order valence-corrected chi connectivity index (χ0v) is 15.0. The molecule has 3 heterocycles. The van der Waals surface area contributed by atoms with E-state index in [1.54, 1.807) is 0 Å². The largest absolute Gasteiger partial charge is 0.381 e. The number of hydrogen-bond acceptors (Lipinski definition) is 4. The molecule has 2 saturated heterocycles. The number of ether oxygens (including phenoxy) is 1. The number of imidazole rings is 1. The smallest absolute Gasteiger partial charge is 0.122 e. The van der Waals surface area contributed by atoms with Gasteiger partial charge in [0.05, 0.1) is 6.54 Å². The number of nitrogens with zero attached hydrogens (tertiary/aromatic N) is 3. The fraction of sp³-hybridized carbons (Fsp3) is 0.833. The molecule has 1 aromatic heterocycles. The van der Waals surface area contributed by atoms with E-state index in [9.17, 15) is 4.39 Å². The highest BCUT2D eigenvalue weighted by atomic mass is 19.1. The van der Waals surface area contributed by atoms with Crippen molar-refractivity contribution in [1.82, 2.24) is 19.8 Å². The minimum atomic E-state index is -0.720. The molecule has 0 saturated carbocycles. The van der Waals surface area contributed by atoms with Crippen LogP contribution in [0, 0.1) is 5.92 Å². The van der Waals surface area contributed by atoms with Crippen molar-refractivity contribution in [1.29, 1.82) is 0 Å². The summed E-state index contributed by atoms with van der Waals surface area (Å²) in [5, 5.41) is 3.64. The first-order valence-electron chi connectivity index (χ1n) is 9.27. The van der Waals surface area contributed by atoms with E-state index in [1.165, 1.54) is 19.3 Å². The lowest BCUT2D eigenvalue weighted by Crippen LogP contribution is -2.41. The summed E-state index contributed by atoms with van der Waals surface area (Å²) in [5.74, 6) is 1.77. The Kier molecular flexibility index (Phi) is 6.25. The van der Waals surface area contributed by atoms with Gasteiger partial charge in [0.25, 0.3) is 0 Å². The standard InChI is InChI=1S/C18H31FN4O/c1-14(9-15-3-7-24-8-4-15)21-11-17-10-16(19)12-23(17)13-18-20-5-6-22(18)2/h5-6,14-17,21H,3-4,7-13H2,1-2H3/t14-,16+,17+/m1/s1. The van der Waals surface area contributed by atoms with Crippen molar-refractivity contribution < 1.29 is 9.13 Å². The van der Waals surface area contributed by atoms with E-state index in [-0.39, 0.29) is 6.04 Å². The number of aromatic nitrogens is 2. The quantitative estimate of drug-likeness (QED) is 0.827. The minimum absolute atomic E-state index is 0.258. The van der Waals surface area contributed by atoms with Gasteiger partial charge >= 0.3 is 0 Å². The first-order valence-corrected chi connectivity index (χ1v) is 9.27. The van der Waals surface area contributed by atoms with Gasteiger partial charge in [-0.3, -0.25) is 4.90 Å². The van der Waals surface area contributed by atoms with E-state index in [2.05, 4.69) is 22.1 Å². The molecule has 0 bridgehead atoms. The highest BCUT2D eigenvalue weighted by Crippen LogP contribution is 2.23. The highest BCUT2D eigenvalue weighted by Gasteiger charge is 2.32. The summed E-state index contributed by atoms with van der Waals surface area (Å²) in [7, 11) is 1.99. The maximum absolute atomic E-state index is 13.9. The van der Waals surface area contributed by atoms with E-state index in [4.69, 9.17) is 4.74 Å². The van der Waals surface area contributed by atoms with Crippen molar-refractivity contribution in [3.63, 3.8) is 0 Å². The summed E-state index contributed by atoms with van der Waals surface area (Å²) in [6, 6.07) is 0.732. The van der Waals surface area contributed by atoms with Gasteiger partial charge < -0.3 is 14.6 Å². The number of rotatable bonds is 7. The second-order valence-electron chi connectivity index (χ2n) is 7.47. The van der Waals surface area contributed by atoms with Crippen LogP contribution in [0.15, 0.2) is 12.4 Å². The predicted octanol–water partition coefficient (Wildman–Crippen LogP) is 2.13. The first kappa shape index (κ1) is 17.8. The molecule has 0 spiro atoms. The second kappa shape index (κ2) is 8.41. The molecule has 2 fully saturated rings. The molecule has 3 atom stereocenters. The molecule has 136 valence electrons. The van der Waals surface area contributed by atoms with Crippen molar-refractivity contribution >= 4 is 0 Å². The zero-order chi connectivity index (χ0) is 16.9. The second-order valence-corrected chi connectivity index (χ2v) is 7.47. The monoisotopic (exact) mass is 338 g/mol. The van der Waals surface area contributed by atoms with Gasteiger partial charge in [-0.15, -0.1) is 0 Å². The molecule has 5 nitrogen and oxygen atoms in total. The number of alkyl halides is 1. The van der Waals surface area contributed by atoms with E-state index >= 15 is 0 Å². The van der Waals surface area contributed by atoms with Crippen molar-refractivity contribution in [2.24, 2.45) is 13.0 Å². The lowest BCUT2D eigenvalue weighted by Gasteiger charge is -2.28. The third kappa shape index (κ3) is 4.77. The van der Waals surface area contributed by atoms with Gasteiger partial charge in [0.15, 0.2) is 0 Å². The summed E-state index contributed by atoms with van der Waals surface area (Å²) < 4.78 is 21.4. The number of likely N-dealkylation sites (tertiary alicyclic amines) is 1. The Bertz CT molecular complexity index is 503. The van der Waals surface area contributed by atoms with Crippen LogP contribution in [-0.4, -0.2) is 59.0 Å². The topological polar surface area (TPSA) is 42.3 Å². The van der Waals surface area contributed by atoms with Crippen LogP contribution in [-0.2, 0) is 18.3 Å². The molecule has 3 rings (SSSR count). The average molecular weight is 338 g/mol. The number of halogens is 1. The molecule has 0 amide bonds. The maximum atomic E-state index is 13.9. The van der Waals surface area contributed by atoms with E-state index in [0.29, 0.717) is 19.0 Å². The van der Waals surface area contributed by atoms with Gasteiger partial charge in [-0.25, -0.2) is 9.37 Å². The number of aryl methyl sites for hydroxylation is 1. The van der Waals surface area contributed by atoms with Gasteiger partial charge in [0.2, 0.25) is 0 Å². The first-order chi connectivity index (χ1) is 11.6. The normalized spacial score (nSPS) is 27.6. The molecule has 1 N–H and O–H groups in total. The van der Waals surface area contributed by atoms with Crippen LogP contribution in [0.2, 0.25) is 0 Å². The van der Waals surface area contributed by atoms with Crippen LogP contribution in [0.3, 0.4) is 0 Å². The molecule has 1 aromatic rings. The summed E-state index contributed by atoms with van der Waals surface area (Å²) in [6.07, 6.45) is 7.20. The third-order valence-corrected chi connectivity index (χ3v) is 5.47. The molecule has 2 aliphatic rings. The lowest BCUT2D eigenvalue weighted by molar-refractivity contribution is 0.0609. The molecule has 24 heavy (non-hydrogen) atoms. The van der Waals surface area contributed by atoms with Gasteiger partial charge in [0.1, 0.15) is 12.0 Å². The molecular formula is C18H31FN4O. The highest BCUT2D eigenvalue weighted by molar-refractivity contribution is 4.95. The Morgan fingerprint density at radius 2 is 2.21 bits per heavy atom. The van der Waals surface area contributed by atoms with E-state index in [1.807, 2.05) is 24.0 Å². The number of nitrogens with one attached hydrogen (secondary N) is 1. The molecule has 0 aliphatic carbocycles. The lowest BCUT2D eigenvalue weighted by atomic mass is 9.93. The van der Waals surface area contributed by atoms with Crippen molar-refractivity contribution in [2.75, 3.05) is 26.3 Å². The maximum Gasteiger partial charge on any atom is 0.122 e. The summed E-state index contributed by atoms with van der Waals surface area (Å²) in [6.45, 7) is 6.16. The molecule has 0 unspecified atom stereocenters. The fourth-order valence-corrected chi connectivity index (χ4v) is 3.96. The molecule has 0 aromatic carbocycles. The fourth-order valence-electron chi connectivity index (χ4n) is 3.96. The Morgan fingerprint density at radius 3 is 2.92 bits per heavy atom. The molecule has 2 aliphatic heterocycles. The van der Waals surface area contributed by atoms with Gasteiger partial charge in [0, 0.05) is 57.8 Å². The SMILES string of the molecule is C[C@H](CC1CCOCC1)NC[C@@H]1C[C@H](F)CN1Cc1nccn1C. The Morgan fingerprint density at radius 1 is 1.42 bits per heavy atom. The van der Waals surface area contributed by atoms with E-state index < -0.39 is 6.17 Å². The molecular weight excluding hydrogens is 307 g/mol. The van der Waals surface area contributed by atoms with Gasteiger partial charge in [-0.1, -0.05) is 0 Å². The molecule has 0 radical (unpaired) electrons. The average Bonchev–Trinajstić information content (AvgIpc) is 3.12. The predicted molar refractivity (Wildman–Crippen MR) is 92.5 cm³/mol. The van der Waals surface area contributed by atoms with Crippen molar-refractivity contribution in [3.8, 4) is 0 Å². The van der Waals surface area contributed by atoms with Crippen LogP contribution >= 0.6 is 0 Å². The Balaban J connectivity index is 1.46. The van der Waals surface area contributed by atoms with Crippen LogP contribution < -0.4 is 5.32 Å². The van der Waals surface area contributed by atoms with Crippen LogP contribution in [0.4, 0.5) is 4.39 Å². The van der Waals surface area contributed by atoms with Gasteiger partial charge in [-0.05, 0) is 38.5 Å². The summed E-state index contributed by atoms with van der Waals surface area (Å²) in [4.78, 5) is 6.62. The number of hydrogen-bond donors (Lipinski definition) is 1. The third-order valence-electron chi connectivity index (χ3n) is 5.47. The summed E-state index contributed by atoms with van der Waals surface area (Å²) in [5.41, 5.74) is 0. The van der Waals surface area contributed by atoms with Crippen LogP contribution in [0.5, 0.6) is 0 Å².